The van der Waals surface area contributed by atoms with E-state index in [9.17, 15) is 4.79 Å². The van der Waals surface area contributed by atoms with Crippen LogP contribution in [-0.2, 0) is 11.2 Å². The number of carbonyl (C=O) groups is 1. The van der Waals surface area contributed by atoms with Crippen molar-refractivity contribution in [2.45, 2.75) is 26.3 Å². The van der Waals surface area contributed by atoms with Crippen molar-refractivity contribution in [3.8, 4) is 0 Å². The largest absolute Gasteiger partial charge is 0.348 e. The van der Waals surface area contributed by atoms with Gasteiger partial charge in [0.05, 0.1) is 12.6 Å². The van der Waals surface area contributed by atoms with Crippen molar-refractivity contribution in [1.82, 2.24) is 5.32 Å². The first kappa shape index (κ1) is 14.9. The first-order chi connectivity index (χ1) is 7.17. The molecule has 90 valence electrons. The number of amides is 1. The zero-order valence-corrected chi connectivity index (χ0v) is 10.5. The van der Waals surface area contributed by atoms with Crippen molar-refractivity contribution in [2.75, 3.05) is 6.54 Å². The number of hydrogen-bond acceptors (Lipinski definition) is 2. The molecule has 0 aromatic heterocycles. The molecule has 0 aliphatic carbocycles. The minimum atomic E-state index is -0.123. The van der Waals surface area contributed by atoms with Gasteiger partial charge in [0.1, 0.15) is 0 Å². The molecule has 1 unspecified atom stereocenters. The highest BCUT2D eigenvalue weighted by molar-refractivity contribution is 5.85. The van der Waals surface area contributed by atoms with Crippen LogP contribution in [0.4, 0.5) is 0 Å². The van der Waals surface area contributed by atoms with Gasteiger partial charge in [0, 0.05) is 0 Å². The number of aryl methyl sites for hydroxylation is 1. The zero-order valence-electron chi connectivity index (χ0n) is 9.69. The minimum Gasteiger partial charge on any atom is -0.348 e. The fraction of sp³-hybridized carbons (Fsp3) is 0.417. The molecule has 1 rings (SSSR count). The van der Waals surface area contributed by atoms with Crippen LogP contribution in [0.3, 0.4) is 0 Å². The Labute approximate surface area is 103 Å². The second-order valence-corrected chi connectivity index (χ2v) is 3.59. The van der Waals surface area contributed by atoms with E-state index in [1.807, 2.05) is 19.1 Å². The molecule has 1 aromatic carbocycles. The summed E-state index contributed by atoms with van der Waals surface area (Å²) in [5.41, 5.74) is 7.64. The van der Waals surface area contributed by atoms with E-state index in [1.54, 1.807) is 0 Å². The van der Waals surface area contributed by atoms with Crippen LogP contribution in [-0.4, -0.2) is 12.5 Å². The van der Waals surface area contributed by atoms with E-state index in [4.69, 9.17) is 5.73 Å². The number of hydrogen-bond donors (Lipinski definition) is 2. The van der Waals surface area contributed by atoms with Crippen LogP contribution in [0.15, 0.2) is 24.3 Å². The average Bonchev–Trinajstić information content (AvgIpc) is 2.29. The normalized spacial score (nSPS) is 11.4. The Morgan fingerprint density at radius 3 is 2.38 bits per heavy atom. The van der Waals surface area contributed by atoms with Crippen LogP contribution in [0, 0.1) is 0 Å². The van der Waals surface area contributed by atoms with E-state index >= 15 is 0 Å². The lowest BCUT2D eigenvalue weighted by molar-refractivity contribution is -0.120. The predicted molar refractivity (Wildman–Crippen MR) is 68.7 cm³/mol. The third-order valence-electron chi connectivity index (χ3n) is 2.45. The van der Waals surface area contributed by atoms with Crippen molar-refractivity contribution in [3.05, 3.63) is 35.4 Å². The van der Waals surface area contributed by atoms with Crippen LogP contribution in [0.5, 0.6) is 0 Å². The standard InChI is InChI=1S/C12H18N2O.ClH/c1-3-10-4-6-11(7-5-10)9(2)14-12(15)8-13;/h4-7,9H,3,8,13H2,1-2H3,(H,14,15);1H. The fourth-order valence-electron chi connectivity index (χ4n) is 1.43. The Kier molecular flexibility index (Phi) is 6.77. The predicted octanol–water partition coefficient (Wildman–Crippen LogP) is 1.81. The van der Waals surface area contributed by atoms with Crippen LogP contribution < -0.4 is 11.1 Å². The van der Waals surface area contributed by atoms with Gasteiger partial charge in [-0.1, -0.05) is 31.2 Å². The van der Waals surface area contributed by atoms with Gasteiger partial charge in [-0.25, -0.2) is 0 Å². The van der Waals surface area contributed by atoms with Crippen LogP contribution in [0.25, 0.3) is 0 Å². The Bertz CT molecular complexity index is 324. The van der Waals surface area contributed by atoms with Gasteiger partial charge in [-0.15, -0.1) is 12.4 Å². The number of carbonyl (C=O) groups excluding carboxylic acids is 1. The van der Waals surface area contributed by atoms with Crippen molar-refractivity contribution in [1.29, 1.82) is 0 Å². The topological polar surface area (TPSA) is 55.1 Å². The lowest BCUT2D eigenvalue weighted by Gasteiger charge is -2.13. The number of rotatable bonds is 4. The first-order valence-corrected chi connectivity index (χ1v) is 5.25. The highest BCUT2D eigenvalue weighted by atomic mass is 35.5. The monoisotopic (exact) mass is 242 g/mol. The summed E-state index contributed by atoms with van der Waals surface area (Å²) in [6.45, 7) is 4.11. The lowest BCUT2D eigenvalue weighted by Crippen LogP contribution is -2.32. The van der Waals surface area contributed by atoms with Gasteiger partial charge in [0.25, 0.3) is 0 Å². The molecule has 0 bridgehead atoms. The number of nitrogens with one attached hydrogen (secondary N) is 1. The van der Waals surface area contributed by atoms with Crippen molar-refractivity contribution < 1.29 is 4.79 Å². The first-order valence-electron chi connectivity index (χ1n) is 5.25. The molecule has 0 aliphatic heterocycles. The summed E-state index contributed by atoms with van der Waals surface area (Å²) >= 11 is 0. The van der Waals surface area contributed by atoms with E-state index in [-0.39, 0.29) is 30.9 Å². The van der Waals surface area contributed by atoms with Crippen LogP contribution in [0.1, 0.15) is 31.0 Å². The maximum atomic E-state index is 11.1. The molecule has 16 heavy (non-hydrogen) atoms. The maximum Gasteiger partial charge on any atom is 0.234 e. The molecular formula is C12H19ClN2O. The second kappa shape index (κ2) is 7.25. The van der Waals surface area contributed by atoms with E-state index in [1.165, 1.54) is 5.56 Å². The van der Waals surface area contributed by atoms with Gasteiger partial charge < -0.3 is 11.1 Å². The SMILES string of the molecule is CCc1ccc(C(C)NC(=O)CN)cc1.Cl. The average molecular weight is 243 g/mol. The van der Waals surface area contributed by atoms with E-state index in [2.05, 4.69) is 24.4 Å². The molecule has 3 nitrogen and oxygen atoms in total. The summed E-state index contributed by atoms with van der Waals surface area (Å²) in [6.07, 6.45) is 1.03. The third-order valence-corrected chi connectivity index (χ3v) is 2.45. The smallest absolute Gasteiger partial charge is 0.234 e. The molecule has 0 fully saturated rings. The number of halogens is 1. The molecule has 0 saturated heterocycles. The molecule has 0 saturated carbocycles. The highest BCUT2D eigenvalue weighted by Crippen LogP contribution is 2.13. The van der Waals surface area contributed by atoms with E-state index < -0.39 is 0 Å². The molecule has 0 aliphatic rings. The summed E-state index contributed by atoms with van der Waals surface area (Å²) < 4.78 is 0. The Morgan fingerprint density at radius 2 is 1.94 bits per heavy atom. The van der Waals surface area contributed by atoms with Crippen molar-refractivity contribution >= 4 is 18.3 Å². The summed E-state index contributed by atoms with van der Waals surface area (Å²) in [5, 5.41) is 2.82. The summed E-state index contributed by atoms with van der Waals surface area (Å²) in [4.78, 5) is 11.1. The summed E-state index contributed by atoms with van der Waals surface area (Å²) in [7, 11) is 0. The van der Waals surface area contributed by atoms with Crippen LogP contribution in [0.2, 0.25) is 0 Å². The molecule has 4 heteroatoms. The molecule has 1 amide bonds. The molecule has 1 atom stereocenters. The molecule has 0 spiro atoms. The van der Waals surface area contributed by atoms with Gasteiger partial charge in [0.2, 0.25) is 5.91 Å². The number of nitrogens with two attached hydrogens (primary N) is 1. The maximum absolute atomic E-state index is 11.1. The van der Waals surface area contributed by atoms with Gasteiger partial charge in [0.15, 0.2) is 0 Å². The Balaban J connectivity index is 0.00000225. The number of benzene rings is 1. The molecule has 3 N–H and O–H groups in total. The van der Waals surface area contributed by atoms with Gasteiger partial charge in [-0.2, -0.15) is 0 Å². The molecule has 1 aromatic rings. The zero-order chi connectivity index (χ0) is 11.3. The third kappa shape index (κ3) is 4.21. The Morgan fingerprint density at radius 1 is 1.38 bits per heavy atom. The summed E-state index contributed by atoms with van der Waals surface area (Å²) in [5.74, 6) is -0.123. The van der Waals surface area contributed by atoms with E-state index in [0.29, 0.717) is 0 Å². The van der Waals surface area contributed by atoms with Crippen molar-refractivity contribution in [2.24, 2.45) is 5.73 Å². The molecule has 0 radical (unpaired) electrons. The van der Waals surface area contributed by atoms with Gasteiger partial charge in [-0.3, -0.25) is 4.79 Å². The fourth-order valence-corrected chi connectivity index (χ4v) is 1.43. The lowest BCUT2D eigenvalue weighted by atomic mass is 10.1. The van der Waals surface area contributed by atoms with Gasteiger partial charge >= 0.3 is 0 Å². The quantitative estimate of drug-likeness (QED) is 0.846. The van der Waals surface area contributed by atoms with Gasteiger partial charge in [-0.05, 0) is 24.5 Å². The molecular weight excluding hydrogens is 224 g/mol. The van der Waals surface area contributed by atoms with Crippen molar-refractivity contribution in [3.63, 3.8) is 0 Å². The molecule has 0 heterocycles. The van der Waals surface area contributed by atoms with Crippen LogP contribution >= 0.6 is 12.4 Å². The Hall–Kier alpha value is -1.06. The highest BCUT2D eigenvalue weighted by Gasteiger charge is 2.07. The minimum absolute atomic E-state index is 0. The summed E-state index contributed by atoms with van der Waals surface area (Å²) in [6, 6.07) is 8.27. The van der Waals surface area contributed by atoms with E-state index in [0.717, 1.165) is 12.0 Å². The second-order valence-electron chi connectivity index (χ2n) is 3.59.